The monoisotopic (exact) mass is 406 g/mol. The SMILES string of the molecule is CCOC(=O)C(C)(C)Sc1nc(N)c(NC(=O)c2ccc(OC)cc2)c(=O)[nH]1. The number of aromatic amines is 1. The van der Waals surface area contributed by atoms with Gasteiger partial charge in [-0.25, -0.2) is 4.98 Å². The number of amides is 1. The van der Waals surface area contributed by atoms with Gasteiger partial charge in [0.25, 0.3) is 11.5 Å². The number of methoxy groups -OCH3 is 1. The zero-order valence-electron chi connectivity index (χ0n) is 16.0. The Morgan fingerprint density at radius 2 is 1.93 bits per heavy atom. The number of carbonyl (C=O) groups is 2. The fourth-order valence-corrected chi connectivity index (χ4v) is 3.07. The number of thioether (sulfide) groups is 1. The number of hydrogen-bond donors (Lipinski definition) is 3. The van der Waals surface area contributed by atoms with Crippen LogP contribution in [0.3, 0.4) is 0 Å². The first-order valence-corrected chi connectivity index (χ1v) is 9.21. The van der Waals surface area contributed by atoms with Gasteiger partial charge in [-0.05, 0) is 45.0 Å². The van der Waals surface area contributed by atoms with Crippen LogP contribution in [0.5, 0.6) is 5.75 Å². The van der Waals surface area contributed by atoms with Crippen LogP contribution in [-0.4, -0.2) is 40.3 Å². The summed E-state index contributed by atoms with van der Waals surface area (Å²) in [7, 11) is 1.52. The highest BCUT2D eigenvalue weighted by Crippen LogP contribution is 2.31. The fraction of sp³-hybridized carbons (Fsp3) is 0.333. The Bertz CT molecular complexity index is 925. The molecule has 0 aliphatic carbocycles. The van der Waals surface area contributed by atoms with Crippen molar-refractivity contribution in [2.24, 2.45) is 0 Å². The lowest BCUT2D eigenvalue weighted by molar-refractivity contribution is -0.145. The molecule has 0 unspecified atom stereocenters. The number of nitrogens with two attached hydrogens (primary N) is 1. The van der Waals surface area contributed by atoms with Crippen LogP contribution in [0.1, 0.15) is 31.1 Å². The summed E-state index contributed by atoms with van der Waals surface area (Å²) in [6, 6.07) is 6.35. The predicted octanol–water partition coefficient (Wildman–Crippen LogP) is 2.05. The van der Waals surface area contributed by atoms with Gasteiger partial charge in [-0.3, -0.25) is 19.4 Å². The lowest BCUT2D eigenvalue weighted by Gasteiger charge is -2.21. The van der Waals surface area contributed by atoms with Crippen LogP contribution in [0, 0.1) is 0 Å². The van der Waals surface area contributed by atoms with E-state index in [1.165, 1.54) is 7.11 Å². The number of nitrogens with one attached hydrogen (secondary N) is 2. The average molecular weight is 406 g/mol. The van der Waals surface area contributed by atoms with E-state index in [9.17, 15) is 14.4 Å². The third-order valence-electron chi connectivity index (χ3n) is 3.64. The van der Waals surface area contributed by atoms with Crippen molar-refractivity contribution in [1.82, 2.24) is 9.97 Å². The Kier molecular flexibility index (Phi) is 6.68. The van der Waals surface area contributed by atoms with E-state index in [1.54, 1.807) is 45.0 Å². The van der Waals surface area contributed by atoms with Gasteiger partial charge in [0.1, 0.15) is 16.2 Å². The van der Waals surface area contributed by atoms with E-state index in [0.29, 0.717) is 11.3 Å². The van der Waals surface area contributed by atoms with Crippen molar-refractivity contribution in [3.05, 3.63) is 40.2 Å². The van der Waals surface area contributed by atoms with Crippen LogP contribution in [0.2, 0.25) is 0 Å². The quantitative estimate of drug-likeness (QED) is 0.361. The largest absolute Gasteiger partial charge is 0.497 e. The molecular formula is C18H22N4O5S. The molecule has 9 nitrogen and oxygen atoms in total. The number of ether oxygens (including phenoxy) is 2. The zero-order valence-corrected chi connectivity index (χ0v) is 16.8. The molecule has 1 amide bonds. The minimum Gasteiger partial charge on any atom is -0.497 e. The molecular weight excluding hydrogens is 384 g/mol. The van der Waals surface area contributed by atoms with E-state index in [1.807, 2.05) is 0 Å². The normalized spacial score (nSPS) is 11.0. The molecule has 2 aromatic rings. The number of rotatable bonds is 7. The molecule has 1 aromatic carbocycles. The minimum absolute atomic E-state index is 0.142. The molecule has 0 aliphatic heterocycles. The summed E-state index contributed by atoms with van der Waals surface area (Å²) in [4.78, 5) is 43.3. The number of carbonyl (C=O) groups excluding carboxylic acids is 2. The Morgan fingerprint density at radius 1 is 1.29 bits per heavy atom. The van der Waals surface area contributed by atoms with Crippen LogP contribution in [0.25, 0.3) is 0 Å². The molecule has 28 heavy (non-hydrogen) atoms. The lowest BCUT2D eigenvalue weighted by Crippen LogP contribution is -2.31. The number of anilines is 2. The summed E-state index contributed by atoms with van der Waals surface area (Å²) < 4.78 is 9.06. The van der Waals surface area contributed by atoms with Crippen molar-refractivity contribution < 1.29 is 19.1 Å². The minimum atomic E-state index is -0.980. The number of nitrogen functional groups attached to an aromatic ring is 1. The van der Waals surface area contributed by atoms with E-state index < -0.39 is 22.2 Å². The first-order valence-electron chi connectivity index (χ1n) is 8.39. The number of benzene rings is 1. The molecule has 0 spiro atoms. The van der Waals surface area contributed by atoms with E-state index in [4.69, 9.17) is 15.2 Å². The molecule has 0 aliphatic rings. The van der Waals surface area contributed by atoms with Gasteiger partial charge in [0.2, 0.25) is 0 Å². The molecule has 1 heterocycles. The molecule has 150 valence electrons. The third kappa shape index (κ3) is 5.03. The molecule has 2 rings (SSSR count). The first kappa shape index (κ1) is 21.3. The standard InChI is InChI=1S/C18H22N4O5S/c1-5-27-16(25)18(2,3)28-17-21-13(19)12(15(24)22-17)20-14(23)10-6-8-11(26-4)9-7-10/h6-9H,5H2,1-4H3,(H,20,23)(H3,19,21,22,24). The first-order chi connectivity index (χ1) is 13.2. The molecule has 0 saturated carbocycles. The topological polar surface area (TPSA) is 136 Å². The molecule has 0 atom stereocenters. The van der Waals surface area contributed by atoms with E-state index in [0.717, 1.165) is 11.8 Å². The van der Waals surface area contributed by atoms with Crippen molar-refractivity contribution in [3.8, 4) is 5.75 Å². The van der Waals surface area contributed by atoms with Gasteiger partial charge < -0.3 is 20.5 Å². The van der Waals surface area contributed by atoms with Crippen LogP contribution < -0.4 is 21.3 Å². The predicted molar refractivity (Wildman–Crippen MR) is 107 cm³/mol. The van der Waals surface area contributed by atoms with E-state index in [-0.39, 0.29) is 23.3 Å². The molecule has 0 saturated heterocycles. The molecule has 4 N–H and O–H groups in total. The second-order valence-corrected chi connectivity index (χ2v) is 7.76. The maximum Gasteiger partial charge on any atom is 0.322 e. The van der Waals surface area contributed by atoms with Crippen LogP contribution in [0.4, 0.5) is 11.5 Å². The fourth-order valence-electron chi connectivity index (χ4n) is 2.15. The number of hydrogen-bond acceptors (Lipinski definition) is 8. The van der Waals surface area contributed by atoms with Crippen molar-refractivity contribution in [1.29, 1.82) is 0 Å². The van der Waals surface area contributed by atoms with Gasteiger partial charge in [-0.1, -0.05) is 11.8 Å². The van der Waals surface area contributed by atoms with Gasteiger partial charge >= 0.3 is 5.97 Å². The number of esters is 1. The molecule has 0 radical (unpaired) electrons. The molecule has 0 fully saturated rings. The summed E-state index contributed by atoms with van der Waals surface area (Å²) in [6.07, 6.45) is 0. The lowest BCUT2D eigenvalue weighted by atomic mass is 10.2. The molecule has 1 aromatic heterocycles. The highest BCUT2D eigenvalue weighted by Gasteiger charge is 2.32. The molecule has 10 heteroatoms. The van der Waals surface area contributed by atoms with Gasteiger partial charge in [0.05, 0.1) is 13.7 Å². The highest BCUT2D eigenvalue weighted by molar-refractivity contribution is 8.01. The summed E-state index contributed by atoms with van der Waals surface area (Å²) >= 11 is 1.00. The number of nitrogens with zero attached hydrogens (tertiary/aromatic N) is 1. The van der Waals surface area contributed by atoms with Gasteiger partial charge in [-0.2, -0.15) is 0 Å². The summed E-state index contributed by atoms with van der Waals surface area (Å²) in [5, 5.41) is 2.60. The maximum absolute atomic E-state index is 12.4. The Hall–Kier alpha value is -3.01. The van der Waals surface area contributed by atoms with Gasteiger partial charge in [0.15, 0.2) is 11.0 Å². The smallest absolute Gasteiger partial charge is 0.322 e. The number of aromatic nitrogens is 2. The number of H-pyrrole nitrogens is 1. The van der Waals surface area contributed by atoms with Crippen LogP contribution in [-0.2, 0) is 9.53 Å². The van der Waals surface area contributed by atoms with Crippen molar-refractivity contribution in [3.63, 3.8) is 0 Å². The van der Waals surface area contributed by atoms with Crippen LogP contribution in [0.15, 0.2) is 34.2 Å². The van der Waals surface area contributed by atoms with E-state index in [2.05, 4.69) is 15.3 Å². The van der Waals surface area contributed by atoms with Crippen molar-refractivity contribution >= 4 is 35.1 Å². The van der Waals surface area contributed by atoms with Gasteiger partial charge in [0, 0.05) is 5.56 Å². The highest BCUT2D eigenvalue weighted by atomic mass is 32.2. The van der Waals surface area contributed by atoms with Crippen LogP contribution >= 0.6 is 11.8 Å². The third-order valence-corrected chi connectivity index (χ3v) is 4.70. The zero-order chi connectivity index (χ0) is 20.9. The second-order valence-electron chi connectivity index (χ2n) is 6.15. The Morgan fingerprint density at radius 3 is 2.46 bits per heavy atom. The van der Waals surface area contributed by atoms with Crippen molar-refractivity contribution in [2.75, 3.05) is 24.8 Å². The molecule has 0 bridgehead atoms. The Balaban J connectivity index is 2.20. The second kappa shape index (κ2) is 8.79. The van der Waals surface area contributed by atoms with Gasteiger partial charge in [-0.15, -0.1) is 0 Å². The summed E-state index contributed by atoms with van der Waals surface area (Å²) in [5.74, 6) is -0.527. The summed E-state index contributed by atoms with van der Waals surface area (Å²) in [5.41, 5.74) is 5.38. The average Bonchev–Trinajstić information content (AvgIpc) is 2.64. The maximum atomic E-state index is 12.4. The summed E-state index contributed by atoms with van der Waals surface area (Å²) in [6.45, 7) is 5.23. The Labute approximate surface area is 166 Å². The van der Waals surface area contributed by atoms with E-state index >= 15 is 0 Å². The van der Waals surface area contributed by atoms with Crippen molar-refractivity contribution in [2.45, 2.75) is 30.7 Å².